The monoisotopic (exact) mass is 410 g/mol. The molecule has 1 amide bonds. The molecule has 150 valence electrons. The Morgan fingerprint density at radius 2 is 1.90 bits per heavy atom. The van der Waals surface area contributed by atoms with Crippen molar-refractivity contribution >= 4 is 40.6 Å². The van der Waals surface area contributed by atoms with Crippen molar-refractivity contribution in [2.45, 2.75) is 26.7 Å². The Hall–Kier alpha value is -3.06. The van der Waals surface area contributed by atoms with Crippen LogP contribution in [0.2, 0.25) is 0 Å². The Balaban J connectivity index is 1.95. The van der Waals surface area contributed by atoms with Crippen molar-refractivity contribution in [1.82, 2.24) is 4.90 Å². The summed E-state index contributed by atoms with van der Waals surface area (Å²) >= 11 is 1.21. The van der Waals surface area contributed by atoms with E-state index in [9.17, 15) is 19.8 Å². The van der Waals surface area contributed by atoms with Crippen molar-refractivity contribution in [2.75, 3.05) is 6.54 Å². The van der Waals surface area contributed by atoms with E-state index in [-0.39, 0.29) is 22.9 Å². The van der Waals surface area contributed by atoms with Gasteiger partial charge >= 0.3 is 5.97 Å². The van der Waals surface area contributed by atoms with Gasteiger partial charge in [0.2, 0.25) is 0 Å². The number of carboxylic acids is 1. The number of carbonyl (C=O) groups is 2. The Morgan fingerprint density at radius 3 is 2.48 bits per heavy atom. The maximum absolute atomic E-state index is 12.8. The molecule has 1 saturated heterocycles. The van der Waals surface area contributed by atoms with Crippen molar-refractivity contribution in [2.24, 2.45) is 4.99 Å². The quantitative estimate of drug-likeness (QED) is 0.689. The highest BCUT2D eigenvalue weighted by Crippen LogP contribution is 2.35. The Labute approximate surface area is 173 Å². The van der Waals surface area contributed by atoms with Crippen molar-refractivity contribution in [1.29, 1.82) is 0 Å². The van der Waals surface area contributed by atoms with Crippen LogP contribution < -0.4 is 0 Å². The van der Waals surface area contributed by atoms with Gasteiger partial charge in [0.1, 0.15) is 5.75 Å². The molecule has 6 nitrogen and oxygen atoms in total. The maximum Gasteiger partial charge on any atom is 0.338 e. The molecule has 7 heteroatoms. The summed E-state index contributed by atoms with van der Waals surface area (Å²) in [5, 5.41) is 19.3. The molecule has 0 aliphatic carbocycles. The van der Waals surface area contributed by atoms with Gasteiger partial charge in [0.25, 0.3) is 5.91 Å². The van der Waals surface area contributed by atoms with Gasteiger partial charge in [0.15, 0.2) is 5.17 Å². The highest BCUT2D eigenvalue weighted by Gasteiger charge is 2.32. The van der Waals surface area contributed by atoms with Gasteiger partial charge in [-0.25, -0.2) is 9.79 Å². The first-order valence-electron chi connectivity index (χ1n) is 9.26. The Kier molecular flexibility index (Phi) is 6.08. The van der Waals surface area contributed by atoms with E-state index >= 15 is 0 Å². The molecule has 0 unspecified atom stereocenters. The number of likely N-dealkylation sites (N-methyl/N-ethyl adjacent to an activating group) is 1. The standard InChI is InChI=1S/C22H22N2O4S/c1-4-24-20(26)19(11-14-5-7-15(8-6-14)13(2)3)29-22(24)23-18-10-9-16(25)12-17(18)21(27)28/h5-13,25H,4H2,1-3H3,(H,27,28)/b19-11-,23-22?. The third-order valence-corrected chi connectivity index (χ3v) is 5.54. The number of hydrogen-bond donors (Lipinski definition) is 2. The largest absolute Gasteiger partial charge is 0.508 e. The van der Waals surface area contributed by atoms with E-state index in [4.69, 9.17) is 0 Å². The molecular weight excluding hydrogens is 388 g/mol. The van der Waals surface area contributed by atoms with Crippen LogP contribution in [0.5, 0.6) is 5.75 Å². The van der Waals surface area contributed by atoms with Gasteiger partial charge in [-0.05, 0) is 60.0 Å². The lowest BCUT2D eigenvalue weighted by atomic mass is 10.0. The summed E-state index contributed by atoms with van der Waals surface area (Å²) in [6, 6.07) is 12.0. The van der Waals surface area contributed by atoms with Gasteiger partial charge in [-0.1, -0.05) is 38.1 Å². The van der Waals surface area contributed by atoms with E-state index in [2.05, 4.69) is 18.8 Å². The normalized spacial score (nSPS) is 17.0. The van der Waals surface area contributed by atoms with Gasteiger partial charge in [-0.15, -0.1) is 0 Å². The van der Waals surface area contributed by atoms with Gasteiger partial charge in [-0.3, -0.25) is 9.69 Å². The minimum absolute atomic E-state index is 0.122. The fourth-order valence-corrected chi connectivity index (χ4v) is 3.95. The first-order valence-corrected chi connectivity index (χ1v) is 10.1. The summed E-state index contributed by atoms with van der Waals surface area (Å²) in [6.07, 6.45) is 1.82. The summed E-state index contributed by atoms with van der Waals surface area (Å²) in [5.41, 5.74) is 2.21. The van der Waals surface area contributed by atoms with Gasteiger partial charge in [0, 0.05) is 6.54 Å². The van der Waals surface area contributed by atoms with Gasteiger partial charge < -0.3 is 10.2 Å². The van der Waals surface area contributed by atoms with Gasteiger partial charge in [0.05, 0.1) is 16.2 Å². The van der Waals surface area contributed by atoms with Crippen molar-refractivity contribution in [3.05, 3.63) is 64.1 Å². The van der Waals surface area contributed by atoms with Crippen LogP contribution in [-0.2, 0) is 4.79 Å². The topological polar surface area (TPSA) is 90.2 Å². The number of carbonyl (C=O) groups excluding carboxylic acids is 1. The van der Waals surface area contributed by atoms with Crippen LogP contribution in [0.4, 0.5) is 5.69 Å². The minimum Gasteiger partial charge on any atom is -0.508 e. The summed E-state index contributed by atoms with van der Waals surface area (Å²) in [4.78, 5) is 30.7. The molecule has 0 saturated carbocycles. The van der Waals surface area contributed by atoms with E-state index in [1.165, 1.54) is 34.4 Å². The molecule has 0 radical (unpaired) electrons. The fourth-order valence-electron chi connectivity index (χ4n) is 2.89. The molecule has 1 fully saturated rings. The van der Waals surface area contributed by atoms with Crippen LogP contribution in [0.15, 0.2) is 52.4 Å². The fraction of sp³-hybridized carbons (Fsp3) is 0.227. The van der Waals surface area contributed by atoms with Crippen LogP contribution in [0.1, 0.15) is 48.2 Å². The number of aromatic hydroxyl groups is 1. The van der Waals surface area contributed by atoms with Crippen molar-refractivity contribution in [3.63, 3.8) is 0 Å². The molecule has 0 spiro atoms. The van der Waals surface area contributed by atoms with E-state index in [1.807, 2.05) is 37.3 Å². The number of hydrogen-bond acceptors (Lipinski definition) is 5. The van der Waals surface area contributed by atoms with E-state index in [0.29, 0.717) is 22.5 Å². The molecule has 0 atom stereocenters. The zero-order valence-corrected chi connectivity index (χ0v) is 17.2. The molecule has 1 aliphatic heterocycles. The first kappa shape index (κ1) is 20.7. The van der Waals surface area contributed by atoms with Crippen LogP contribution in [0, 0.1) is 0 Å². The molecular formula is C22H22N2O4S. The molecule has 0 bridgehead atoms. The van der Waals surface area contributed by atoms with Crippen LogP contribution in [0.3, 0.4) is 0 Å². The predicted molar refractivity (Wildman–Crippen MR) is 116 cm³/mol. The summed E-state index contributed by atoms with van der Waals surface area (Å²) in [7, 11) is 0. The molecule has 0 aromatic heterocycles. The number of thioether (sulfide) groups is 1. The van der Waals surface area contributed by atoms with Crippen molar-refractivity contribution in [3.8, 4) is 5.75 Å². The second kappa shape index (κ2) is 8.53. The lowest BCUT2D eigenvalue weighted by Gasteiger charge is -2.12. The molecule has 3 rings (SSSR count). The molecule has 1 aliphatic rings. The van der Waals surface area contributed by atoms with E-state index in [0.717, 1.165) is 11.6 Å². The lowest BCUT2D eigenvalue weighted by molar-refractivity contribution is -0.122. The molecule has 1 heterocycles. The van der Waals surface area contributed by atoms with Crippen LogP contribution in [0.25, 0.3) is 6.08 Å². The van der Waals surface area contributed by atoms with Gasteiger partial charge in [-0.2, -0.15) is 0 Å². The molecule has 2 aromatic rings. The zero-order chi connectivity index (χ0) is 21.1. The Bertz CT molecular complexity index is 1010. The van der Waals surface area contributed by atoms with Crippen LogP contribution in [-0.4, -0.2) is 38.7 Å². The highest BCUT2D eigenvalue weighted by molar-refractivity contribution is 8.18. The average Bonchev–Trinajstić information content (AvgIpc) is 2.97. The zero-order valence-electron chi connectivity index (χ0n) is 16.4. The number of rotatable bonds is 5. The molecule has 2 N–H and O–H groups in total. The predicted octanol–water partition coefficient (Wildman–Crippen LogP) is 4.84. The third-order valence-electron chi connectivity index (χ3n) is 4.53. The minimum atomic E-state index is -1.20. The number of nitrogens with zero attached hydrogens (tertiary/aromatic N) is 2. The van der Waals surface area contributed by atoms with E-state index in [1.54, 1.807) is 0 Å². The third kappa shape index (κ3) is 4.51. The number of carboxylic acid groups (broad SMARTS) is 1. The average molecular weight is 410 g/mol. The van der Waals surface area contributed by atoms with Crippen molar-refractivity contribution < 1.29 is 19.8 Å². The number of amides is 1. The number of amidine groups is 1. The summed E-state index contributed by atoms with van der Waals surface area (Å²) in [6.45, 7) is 6.50. The lowest BCUT2D eigenvalue weighted by Crippen LogP contribution is -2.28. The SMILES string of the molecule is CCN1C(=O)/C(=C/c2ccc(C(C)C)cc2)SC1=Nc1ccc(O)cc1C(=O)O. The summed E-state index contributed by atoms with van der Waals surface area (Å²) in [5.74, 6) is -1.08. The second-order valence-electron chi connectivity index (χ2n) is 6.88. The number of phenolic OH excluding ortho intramolecular Hbond substituents is 1. The molecule has 29 heavy (non-hydrogen) atoms. The molecule has 2 aromatic carbocycles. The number of benzene rings is 2. The first-order chi connectivity index (χ1) is 13.8. The Morgan fingerprint density at radius 1 is 1.21 bits per heavy atom. The van der Waals surface area contributed by atoms with E-state index < -0.39 is 5.97 Å². The smallest absolute Gasteiger partial charge is 0.338 e. The second-order valence-corrected chi connectivity index (χ2v) is 7.89. The summed E-state index contributed by atoms with van der Waals surface area (Å²) < 4.78 is 0. The number of aromatic carboxylic acids is 1. The number of aliphatic imine (C=N–C) groups is 1. The van der Waals surface area contributed by atoms with Crippen LogP contribution >= 0.6 is 11.8 Å². The number of phenols is 1. The highest BCUT2D eigenvalue weighted by atomic mass is 32.2. The maximum atomic E-state index is 12.8.